The van der Waals surface area contributed by atoms with Gasteiger partial charge in [0.2, 0.25) is 0 Å². The second-order valence-corrected chi connectivity index (χ2v) is 7.34. The molecule has 0 amide bonds. The fraction of sp³-hybridized carbons (Fsp3) is 0.0833. The van der Waals surface area contributed by atoms with Crippen LogP contribution in [0.15, 0.2) is 28.9 Å². The Morgan fingerprint density at radius 1 is 1.43 bits per heavy atom. The van der Waals surface area contributed by atoms with E-state index in [0.717, 1.165) is 11.3 Å². The summed E-state index contributed by atoms with van der Waals surface area (Å²) in [5, 5.41) is 9.64. The Bertz CT molecular complexity index is 965. The number of pyridine rings is 1. The molecule has 0 aliphatic rings. The van der Waals surface area contributed by atoms with Crippen molar-refractivity contribution in [3.8, 4) is 6.07 Å². The summed E-state index contributed by atoms with van der Waals surface area (Å²) >= 11 is 1.09. The number of aryl methyl sites for hydroxylation is 1. The minimum atomic E-state index is -3.71. The number of sulfonamides is 1. The Morgan fingerprint density at radius 2 is 2.24 bits per heavy atom. The first kappa shape index (κ1) is 13.5. The van der Waals surface area contributed by atoms with Crippen molar-refractivity contribution < 1.29 is 8.42 Å². The monoisotopic (exact) mass is 319 g/mol. The number of fused-ring (bicyclic) bond motifs is 1. The highest BCUT2D eigenvalue weighted by Crippen LogP contribution is 2.26. The summed E-state index contributed by atoms with van der Waals surface area (Å²) in [5.74, 6) is 0. The van der Waals surface area contributed by atoms with Crippen LogP contribution in [0.4, 0.5) is 5.69 Å². The molecular weight excluding hydrogens is 310 g/mol. The van der Waals surface area contributed by atoms with E-state index in [9.17, 15) is 8.42 Å². The number of nitrogens with one attached hydrogen (secondary N) is 2. The topological polar surface area (TPSA) is 112 Å². The van der Waals surface area contributed by atoms with Gasteiger partial charge >= 0.3 is 0 Å². The maximum atomic E-state index is 12.3. The summed E-state index contributed by atoms with van der Waals surface area (Å²) in [6, 6.07) is 3.53. The Labute approximate surface area is 124 Å². The first-order chi connectivity index (χ1) is 10.0. The van der Waals surface area contributed by atoms with Gasteiger partial charge in [0.25, 0.3) is 10.0 Å². The van der Waals surface area contributed by atoms with E-state index in [1.165, 1.54) is 24.7 Å². The molecule has 0 atom stereocenters. The van der Waals surface area contributed by atoms with Crippen molar-refractivity contribution >= 4 is 38.1 Å². The lowest BCUT2D eigenvalue weighted by Gasteiger charge is -2.06. The molecule has 0 spiro atoms. The van der Waals surface area contributed by atoms with Gasteiger partial charge in [0.05, 0.1) is 28.0 Å². The van der Waals surface area contributed by atoms with Gasteiger partial charge in [0.15, 0.2) is 4.21 Å². The maximum Gasteiger partial charge on any atom is 0.273 e. The summed E-state index contributed by atoms with van der Waals surface area (Å²) in [6.45, 7) is 1.73. The lowest BCUT2D eigenvalue weighted by Crippen LogP contribution is -2.11. The minimum Gasteiger partial charge on any atom is -0.357 e. The highest BCUT2D eigenvalue weighted by atomic mass is 32.2. The quantitative estimate of drug-likeness (QED) is 0.767. The first-order valence-electron chi connectivity index (χ1n) is 5.83. The molecular formula is C12H9N5O2S2. The third kappa shape index (κ3) is 2.35. The lowest BCUT2D eigenvalue weighted by atomic mass is 10.3. The third-order valence-corrected chi connectivity index (χ3v) is 5.54. The van der Waals surface area contributed by atoms with Gasteiger partial charge in [-0.25, -0.2) is 13.4 Å². The minimum absolute atomic E-state index is 0.136. The van der Waals surface area contributed by atoms with Gasteiger partial charge in [0, 0.05) is 12.4 Å². The predicted molar refractivity (Wildman–Crippen MR) is 78.5 cm³/mol. The van der Waals surface area contributed by atoms with Crippen LogP contribution in [0, 0.1) is 18.3 Å². The second-order valence-electron chi connectivity index (χ2n) is 4.20. The average Bonchev–Trinajstić information content (AvgIpc) is 3.05. The summed E-state index contributed by atoms with van der Waals surface area (Å²) in [6.07, 6.45) is 4.26. The molecule has 3 aromatic heterocycles. The normalized spacial score (nSPS) is 11.4. The van der Waals surface area contributed by atoms with Gasteiger partial charge in [-0.15, -0.1) is 11.3 Å². The zero-order chi connectivity index (χ0) is 15.0. The van der Waals surface area contributed by atoms with E-state index in [-0.39, 0.29) is 4.21 Å². The van der Waals surface area contributed by atoms with Crippen LogP contribution in [-0.4, -0.2) is 23.4 Å². The Balaban J connectivity index is 2.06. The second kappa shape index (κ2) is 4.83. The van der Waals surface area contributed by atoms with E-state index in [2.05, 4.69) is 19.7 Å². The number of anilines is 1. The standard InChI is InChI=1S/C12H9N5O2S2/c1-7-15-6-10(20-7)21(18,19)17-9-2-3-14-11-8(4-13)5-16-12(9)11/h2-3,5-6,16H,1H3,(H,14,17). The average molecular weight is 319 g/mol. The molecule has 0 saturated carbocycles. The van der Waals surface area contributed by atoms with E-state index in [4.69, 9.17) is 5.26 Å². The SMILES string of the molecule is Cc1ncc(S(=O)(=O)Nc2ccnc3c(C#N)c[nH]c23)s1. The summed E-state index contributed by atoms with van der Waals surface area (Å²) in [5.41, 5.74) is 1.60. The van der Waals surface area contributed by atoms with Crippen LogP contribution < -0.4 is 4.72 Å². The zero-order valence-electron chi connectivity index (χ0n) is 10.8. The largest absolute Gasteiger partial charge is 0.357 e. The molecule has 21 heavy (non-hydrogen) atoms. The van der Waals surface area contributed by atoms with E-state index >= 15 is 0 Å². The van der Waals surface area contributed by atoms with Crippen LogP contribution in [0.2, 0.25) is 0 Å². The van der Waals surface area contributed by atoms with Crippen LogP contribution in [0.1, 0.15) is 10.6 Å². The highest BCUT2D eigenvalue weighted by molar-refractivity contribution is 7.94. The number of aromatic amines is 1. The molecule has 0 saturated heterocycles. The molecule has 0 radical (unpaired) electrons. The molecule has 2 N–H and O–H groups in total. The highest BCUT2D eigenvalue weighted by Gasteiger charge is 2.19. The third-order valence-electron chi connectivity index (χ3n) is 2.80. The van der Waals surface area contributed by atoms with Crippen molar-refractivity contribution in [2.45, 2.75) is 11.1 Å². The van der Waals surface area contributed by atoms with E-state index < -0.39 is 10.0 Å². The number of nitriles is 1. The number of hydrogen-bond donors (Lipinski definition) is 2. The van der Waals surface area contributed by atoms with Gasteiger partial charge < -0.3 is 4.98 Å². The van der Waals surface area contributed by atoms with Crippen molar-refractivity contribution in [3.05, 3.63) is 35.2 Å². The van der Waals surface area contributed by atoms with Crippen molar-refractivity contribution in [2.75, 3.05) is 4.72 Å². The number of H-pyrrole nitrogens is 1. The molecule has 0 aliphatic heterocycles. The van der Waals surface area contributed by atoms with Crippen molar-refractivity contribution in [3.63, 3.8) is 0 Å². The number of aromatic nitrogens is 3. The van der Waals surface area contributed by atoms with Gasteiger partial charge in [-0.3, -0.25) is 9.71 Å². The lowest BCUT2D eigenvalue weighted by molar-refractivity contribution is 0.603. The fourth-order valence-corrected chi connectivity index (χ4v) is 4.04. The van der Waals surface area contributed by atoms with E-state index in [1.807, 2.05) is 6.07 Å². The molecule has 3 aromatic rings. The number of rotatable bonds is 3. The van der Waals surface area contributed by atoms with Gasteiger partial charge in [-0.1, -0.05) is 0 Å². The van der Waals surface area contributed by atoms with Gasteiger partial charge in [-0.2, -0.15) is 5.26 Å². The molecule has 0 unspecified atom stereocenters. The first-order valence-corrected chi connectivity index (χ1v) is 8.12. The van der Waals surface area contributed by atoms with Crippen LogP contribution >= 0.6 is 11.3 Å². The Hall–Kier alpha value is -2.44. The Morgan fingerprint density at radius 3 is 2.90 bits per heavy atom. The number of thiazole rings is 1. The summed E-state index contributed by atoms with van der Waals surface area (Å²) in [4.78, 5) is 10.9. The van der Waals surface area contributed by atoms with Crippen LogP contribution in [0.25, 0.3) is 11.0 Å². The van der Waals surface area contributed by atoms with Crippen molar-refractivity contribution in [1.29, 1.82) is 5.26 Å². The molecule has 7 nitrogen and oxygen atoms in total. The predicted octanol–water partition coefficient (Wildman–Crippen LogP) is 2.00. The zero-order valence-corrected chi connectivity index (χ0v) is 12.4. The Kier molecular flexibility index (Phi) is 3.12. The molecule has 0 bridgehead atoms. The van der Waals surface area contributed by atoms with Crippen LogP contribution in [0.3, 0.4) is 0 Å². The molecule has 0 aliphatic carbocycles. The van der Waals surface area contributed by atoms with Crippen LogP contribution in [-0.2, 0) is 10.0 Å². The van der Waals surface area contributed by atoms with Crippen LogP contribution in [0.5, 0.6) is 0 Å². The summed E-state index contributed by atoms with van der Waals surface area (Å²) < 4.78 is 27.2. The smallest absolute Gasteiger partial charge is 0.273 e. The molecule has 9 heteroatoms. The van der Waals surface area contributed by atoms with Gasteiger partial charge in [-0.05, 0) is 13.0 Å². The number of hydrogen-bond acceptors (Lipinski definition) is 6. The summed E-state index contributed by atoms with van der Waals surface area (Å²) in [7, 11) is -3.71. The van der Waals surface area contributed by atoms with Gasteiger partial charge in [0.1, 0.15) is 11.6 Å². The maximum absolute atomic E-state index is 12.3. The molecule has 0 fully saturated rings. The van der Waals surface area contributed by atoms with E-state index in [0.29, 0.717) is 27.3 Å². The van der Waals surface area contributed by atoms with Crippen molar-refractivity contribution in [2.24, 2.45) is 0 Å². The number of nitrogens with zero attached hydrogens (tertiary/aromatic N) is 3. The fourth-order valence-electron chi connectivity index (χ4n) is 1.86. The molecule has 106 valence electrons. The molecule has 3 heterocycles. The van der Waals surface area contributed by atoms with Crippen molar-refractivity contribution in [1.82, 2.24) is 15.0 Å². The van der Waals surface area contributed by atoms with E-state index in [1.54, 1.807) is 6.92 Å². The molecule has 0 aromatic carbocycles. The molecule has 3 rings (SSSR count).